The average Bonchev–Trinajstić information content (AvgIpc) is 3.18. The highest BCUT2D eigenvalue weighted by molar-refractivity contribution is 8.33. The standard InChI is InChI=1S/C14H11NO3S5/c1-9-2-4-10(5-3-9)23(17,18)15-12(16)11-8-21-14(22-11)13-19-6-7-20-13/h2-8H,1H3,(H,15,16). The molecule has 23 heavy (non-hydrogen) atoms. The van der Waals surface area contributed by atoms with Gasteiger partial charge in [0.1, 0.15) is 0 Å². The van der Waals surface area contributed by atoms with Crippen LogP contribution < -0.4 is 4.72 Å². The van der Waals surface area contributed by atoms with Gasteiger partial charge in [0.25, 0.3) is 15.9 Å². The van der Waals surface area contributed by atoms with E-state index in [1.807, 2.05) is 17.7 Å². The van der Waals surface area contributed by atoms with Gasteiger partial charge in [-0.05, 0) is 35.3 Å². The van der Waals surface area contributed by atoms with Crippen LogP contribution in [-0.4, -0.2) is 14.3 Å². The van der Waals surface area contributed by atoms with Crippen molar-refractivity contribution in [2.24, 2.45) is 0 Å². The van der Waals surface area contributed by atoms with Crippen LogP contribution in [0.2, 0.25) is 0 Å². The number of carbonyl (C=O) groups excluding carboxylic acids is 1. The lowest BCUT2D eigenvalue weighted by Gasteiger charge is -2.07. The largest absolute Gasteiger partial charge is 0.272 e. The number of hydrogen-bond donors (Lipinski definition) is 1. The molecule has 4 nitrogen and oxygen atoms in total. The zero-order valence-electron chi connectivity index (χ0n) is 11.8. The summed E-state index contributed by atoms with van der Waals surface area (Å²) in [5.74, 6) is -0.598. The Hall–Kier alpha value is -0.740. The smallest absolute Gasteiger partial charge is 0.268 e. The minimum absolute atomic E-state index is 0.0809. The molecule has 2 aliphatic heterocycles. The summed E-state index contributed by atoms with van der Waals surface area (Å²) in [6.45, 7) is 1.87. The molecule has 1 amide bonds. The zero-order chi connectivity index (χ0) is 16.4. The van der Waals surface area contributed by atoms with Crippen molar-refractivity contribution in [3.05, 3.63) is 59.4 Å². The molecular weight excluding hydrogens is 390 g/mol. The maximum Gasteiger partial charge on any atom is 0.272 e. The van der Waals surface area contributed by atoms with Crippen molar-refractivity contribution < 1.29 is 13.2 Å². The molecule has 0 bridgehead atoms. The fourth-order valence-electron chi connectivity index (χ4n) is 1.70. The Bertz CT molecular complexity index is 828. The van der Waals surface area contributed by atoms with Crippen molar-refractivity contribution in [2.75, 3.05) is 0 Å². The van der Waals surface area contributed by atoms with Crippen LogP contribution in [0.25, 0.3) is 0 Å². The molecular formula is C14H11NO3S5. The highest BCUT2D eigenvalue weighted by Crippen LogP contribution is 2.53. The lowest BCUT2D eigenvalue weighted by atomic mass is 10.2. The summed E-state index contributed by atoms with van der Waals surface area (Å²) in [6, 6.07) is 6.37. The first-order valence-corrected chi connectivity index (χ1v) is 11.3. The van der Waals surface area contributed by atoms with E-state index in [4.69, 9.17) is 0 Å². The van der Waals surface area contributed by atoms with Crippen LogP contribution in [0.5, 0.6) is 0 Å². The molecule has 2 heterocycles. The molecule has 2 aliphatic rings. The van der Waals surface area contributed by atoms with Crippen molar-refractivity contribution in [2.45, 2.75) is 11.8 Å². The Kier molecular flexibility index (Phi) is 5.22. The second kappa shape index (κ2) is 7.02. The van der Waals surface area contributed by atoms with Gasteiger partial charge in [-0.2, -0.15) is 0 Å². The van der Waals surface area contributed by atoms with Gasteiger partial charge >= 0.3 is 0 Å². The third-order valence-electron chi connectivity index (χ3n) is 2.83. The molecule has 0 saturated carbocycles. The monoisotopic (exact) mass is 401 g/mol. The summed E-state index contributed by atoms with van der Waals surface area (Å²) in [5.41, 5.74) is 0.956. The molecule has 0 unspecified atom stereocenters. The lowest BCUT2D eigenvalue weighted by Crippen LogP contribution is -2.30. The zero-order valence-corrected chi connectivity index (χ0v) is 15.9. The van der Waals surface area contributed by atoms with Gasteiger partial charge in [0.2, 0.25) is 0 Å². The maximum atomic E-state index is 12.2. The quantitative estimate of drug-likeness (QED) is 0.814. The van der Waals surface area contributed by atoms with E-state index in [-0.39, 0.29) is 4.90 Å². The van der Waals surface area contributed by atoms with Crippen LogP contribution in [0.4, 0.5) is 0 Å². The fraction of sp³-hybridized carbons (Fsp3) is 0.0714. The first kappa shape index (κ1) is 17.1. The van der Waals surface area contributed by atoms with Crippen LogP contribution >= 0.6 is 47.0 Å². The third kappa shape index (κ3) is 4.03. The van der Waals surface area contributed by atoms with Gasteiger partial charge in [-0.15, -0.1) is 0 Å². The highest BCUT2D eigenvalue weighted by Gasteiger charge is 2.26. The Morgan fingerprint density at radius 2 is 1.65 bits per heavy atom. The lowest BCUT2D eigenvalue weighted by molar-refractivity contribution is -0.115. The van der Waals surface area contributed by atoms with E-state index in [2.05, 4.69) is 4.72 Å². The van der Waals surface area contributed by atoms with Crippen molar-refractivity contribution in [3.63, 3.8) is 0 Å². The van der Waals surface area contributed by atoms with Crippen LogP contribution in [0.3, 0.4) is 0 Å². The van der Waals surface area contributed by atoms with Gasteiger partial charge < -0.3 is 0 Å². The molecule has 0 radical (unpaired) electrons. The first-order valence-electron chi connectivity index (χ1n) is 6.37. The normalized spacial score (nSPS) is 17.5. The van der Waals surface area contributed by atoms with Gasteiger partial charge in [-0.1, -0.05) is 64.7 Å². The summed E-state index contributed by atoms with van der Waals surface area (Å²) < 4.78 is 28.7. The highest BCUT2D eigenvalue weighted by atomic mass is 32.2. The Morgan fingerprint density at radius 3 is 2.30 bits per heavy atom. The van der Waals surface area contributed by atoms with Gasteiger partial charge in [-0.3, -0.25) is 4.79 Å². The molecule has 1 N–H and O–H groups in total. The summed E-state index contributed by atoms with van der Waals surface area (Å²) in [7, 11) is -3.85. The second-order valence-electron chi connectivity index (χ2n) is 4.53. The molecule has 0 aromatic heterocycles. The molecule has 120 valence electrons. The van der Waals surface area contributed by atoms with E-state index >= 15 is 0 Å². The van der Waals surface area contributed by atoms with E-state index in [0.717, 1.165) is 14.0 Å². The van der Waals surface area contributed by atoms with Gasteiger partial charge in [0.15, 0.2) is 0 Å². The number of rotatable bonds is 3. The molecule has 0 fully saturated rings. The molecule has 3 rings (SSSR count). The average molecular weight is 402 g/mol. The van der Waals surface area contributed by atoms with Crippen molar-refractivity contribution in [1.82, 2.24) is 4.72 Å². The number of sulfonamides is 1. The minimum Gasteiger partial charge on any atom is -0.268 e. The van der Waals surface area contributed by atoms with Gasteiger partial charge in [-0.25, -0.2) is 13.1 Å². The predicted octanol–water partition coefficient (Wildman–Crippen LogP) is 4.20. The number of aryl methyl sites for hydroxylation is 1. The van der Waals surface area contributed by atoms with E-state index in [9.17, 15) is 13.2 Å². The fourth-order valence-corrected chi connectivity index (χ4v) is 7.07. The number of thioether (sulfide) groups is 4. The van der Waals surface area contributed by atoms with E-state index in [0.29, 0.717) is 4.91 Å². The first-order chi connectivity index (χ1) is 11.0. The van der Waals surface area contributed by atoms with Gasteiger partial charge in [0, 0.05) is 0 Å². The van der Waals surface area contributed by atoms with Crippen molar-refractivity contribution in [1.29, 1.82) is 0 Å². The number of nitrogens with one attached hydrogen (secondary N) is 1. The summed E-state index contributed by atoms with van der Waals surface area (Å²) in [6.07, 6.45) is 0. The third-order valence-corrected chi connectivity index (χ3v) is 9.20. The molecule has 1 aromatic rings. The number of amides is 1. The number of hydrogen-bond acceptors (Lipinski definition) is 7. The summed E-state index contributed by atoms with van der Waals surface area (Å²) in [4.78, 5) is 12.7. The predicted molar refractivity (Wildman–Crippen MR) is 101 cm³/mol. The molecule has 9 heteroatoms. The molecule has 0 spiro atoms. The second-order valence-corrected chi connectivity index (χ2v) is 10.5. The number of carbonyl (C=O) groups is 1. The van der Waals surface area contributed by atoms with Crippen LogP contribution in [-0.2, 0) is 14.8 Å². The SMILES string of the molecule is Cc1ccc(S(=O)(=O)NC(=O)C2=CSC(=C3SC=CS3)S2)cc1. The molecule has 0 saturated heterocycles. The maximum absolute atomic E-state index is 12.2. The molecule has 0 atom stereocenters. The Morgan fingerprint density at radius 1 is 1.00 bits per heavy atom. The Labute approximate surface area is 151 Å². The number of benzene rings is 1. The summed E-state index contributed by atoms with van der Waals surface area (Å²) in [5, 5.41) is 5.65. The molecule has 1 aromatic carbocycles. The van der Waals surface area contributed by atoms with Gasteiger partial charge in [0.05, 0.1) is 18.3 Å². The van der Waals surface area contributed by atoms with E-state index in [1.54, 1.807) is 41.1 Å². The van der Waals surface area contributed by atoms with Crippen LogP contribution in [0, 0.1) is 6.92 Å². The van der Waals surface area contributed by atoms with Crippen molar-refractivity contribution in [3.8, 4) is 0 Å². The van der Waals surface area contributed by atoms with E-state index < -0.39 is 15.9 Å². The minimum atomic E-state index is -3.85. The Balaban J connectivity index is 1.70. The molecule has 0 aliphatic carbocycles. The van der Waals surface area contributed by atoms with Crippen LogP contribution in [0.15, 0.2) is 58.8 Å². The van der Waals surface area contributed by atoms with Crippen molar-refractivity contribution >= 4 is 63.0 Å². The summed E-state index contributed by atoms with van der Waals surface area (Å²) >= 11 is 5.95. The van der Waals surface area contributed by atoms with Crippen LogP contribution in [0.1, 0.15) is 5.56 Å². The topological polar surface area (TPSA) is 63.2 Å². The van der Waals surface area contributed by atoms with E-state index in [1.165, 1.54) is 35.7 Å².